The lowest BCUT2D eigenvalue weighted by Crippen LogP contribution is -2.04. The molecular formula is C5H8IN4O2P. The molecule has 0 fully saturated rings. The summed E-state index contributed by atoms with van der Waals surface area (Å²) in [6.07, 6.45) is 0.431. The summed E-state index contributed by atoms with van der Waals surface area (Å²) in [5.74, 6) is 0.494. The first kappa shape index (κ1) is 10.9. The minimum absolute atomic E-state index is 0.0110. The van der Waals surface area contributed by atoms with E-state index in [0.717, 1.165) is 0 Å². The van der Waals surface area contributed by atoms with Crippen LogP contribution in [-0.2, 0) is 16.1 Å². The molecule has 0 N–H and O–H groups in total. The smallest absolute Gasteiger partial charge is 0.200 e. The van der Waals surface area contributed by atoms with E-state index in [1.165, 1.54) is 11.5 Å². The number of ketones is 1. The zero-order chi connectivity index (χ0) is 9.68. The van der Waals surface area contributed by atoms with Crippen molar-refractivity contribution in [3.8, 4) is 0 Å². The topological polar surface area (TPSA) is 69.9 Å². The summed E-state index contributed by atoms with van der Waals surface area (Å²) in [5.41, 5.74) is 0. The highest BCUT2D eigenvalue weighted by Gasteiger charge is 2.02. The highest BCUT2D eigenvalue weighted by Crippen LogP contribution is 2.19. The predicted octanol–water partition coefficient (Wildman–Crippen LogP) is 0.570. The molecule has 0 radical (unpaired) electrons. The summed E-state index contributed by atoms with van der Waals surface area (Å²) < 4.78 is 6.49. The minimum Gasteiger partial charge on any atom is -0.366 e. The van der Waals surface area contributed by atoms with Crippen LogP contribution in [0.25, 0.3) is 0 Å². The fourth-order valence-electron chi connectivity index (χ4n) is 0.623. The van der Waals surface area contributed by atoms with Gasteiger partial charge in [-0.25, -0.2) is 0 Å². The Morgan fingerprint density at radius 1 is 1.77 bits per heavy atom. The van der Waals surface area contributed by atoms with Crippen molar-refractivity contribution >= 4 is 34.2 Å². The number of rotatable bonds is 5. The summed E-state index contributed by atoms with van der Waals surface area (Å²) in [6, 6.07) is 0. The molecule has 1 rings (SSSR count). The van der Waals surface area contributed by atoms with Crippen LogP contribution in [0.4, 0.5) is 0 Å². The molecule has 72 valence electrons. The highest BCUT2D eigenvalue weighted by atomic mass is 127. The predicted molar refractivity (Wildman–Crippen MR) is 55.9 cm³/mol. The summed E-state index contributed by atoms with van der Waals surface area (Å²) in [7, 11) is 0. The quantitative estimate of drug-likeness (QED) is 0.587. The maximum Gasteiger partial charge on any atom is 0.200 e. The van der Waals surface area contributed by atoms with E-state index in [1.807, 2.05) is 0 Å². The number of ether oxygens (including phenoxy) is 1. The first-order valence-corrected chi connectivity index (χ1v) is 7.51. The van der Waals surface area contributed by atoms with E-state index in [2.05, 4.69) is 37.5 Å². The number of aromatic nitrogens is 4. The van der Waals surface area contributed by atoms with Gasteiger partial charge < -0.3 is 4.74 Å². The third kappa shape index (κ3) is 4.06. The van der Waals surface area contributed by atoms with Crippen molar-refractivity contribution in [2.75, 3.05) is 6.61 Å². The number of carbonyl (C=O) groups is 1. The van der Waals surface area contributed by atoms with Crippen LogP contribution in [0.1, 0.15) is 12.7 Å². The average molecular weight is 314 g/mol. The van der Waals surface area contributed by atoms with Crippen molar-refractivity contribution in [3.05, 3.63) is 5.82 Å². The standard InChI is InChI=1S/C5H8IN4O2P/c1-4(11)2-12-3-5-7-9-10(8-5)13-6/h13H,2-3H2,1H3. The van der Waals surface area contributed by atoms with Gasteiger partial charge in [0.1, 0.15) is 13.2 Å². The van der Waals surface area contributed by atoms with Crippen molar-refractivity contribution < 1.29 is 9.53 Å². The molecule has 0 saturated heterocycles. The second-order valence-electron chi connectivity index (χ2n) is 2.27. The third-order valence-electron chi connectivity index (χ3n) is 1.07. The summed E-state index contributed by atoms with van der Waals surface area (Å²) in [4.78, 5) is 10.5. The maximum absolute atomic E-state index is 10.5. The Labute approximate surface area is 89.7 Å². The normalized spacial score (nSPS) is 11.2. The van der Waals surface area contributed by atoms with Gasteiger partial charge in [-0.05, 0) is 34.2 Å². The fourth-order valence-corrected chi connectivity index (χ4v) is 1.47. The molecule has 1 unspecified atom stereocenters. The van der Waals surface area contributed by atoms with Gasteiger partial charge in [-0.15, -0.1) is 14.8 Å². The molecule has 8 heteroatoms. The van der Waals surface area contributed by atoms with E-state index >= 15 is 0 Å². The largest absolute Gasteiger partial charge is 0.366 e. The van der Waals surface area contributed by atoms with Crippen LogP contribution in [0.3, 0.4) is 0 Å². The molecule has 0 spiro atoms. The van der Waals surface area contributed by atoms with Crippen LogP contribution >= 0.6 is 28.4 Å². The molecule has 6 nitrogen and oxygen atoms in total. The van der Waals surface area contributed by atoms with E-state index in [4.69, 9.17) is 4.74 Å². The Morgan fingerprint density at radius 2 is 2.54 bits per heavy atom. The third-order valence-corrected chi connectivity index (χ3v) is 2.70. The van der Waals surface area contributed by atoms with Gasteiger partial charge in [0.05, 0.1) is 6.37 Å². The van der Waals surface area contributed by atoms with Crippen molar-refractivity contribution in [3.63, 3.8) is 0 Å². The maximum atomic E-state index is 10.5. The number of carbonyl (C=O) groups excluding carboxylic acids is 1. The van der Waals surface area contributed by atoms with Crippen LogP contribution in [0.2, 0.25) is 0 Å². The molecule has 0 amide bonds. The van der Waals surface area contributed by atoms with Gasteiger partial charge in [0, 0.05) is 0 Å². The molecule has 1 heterocycles. The number of nitrogens with zero attached hydrogens (tertiary/aromatic N) is 4. The Morgan fingerprint density at radius 3 is 3.08 bits per heavy atom. The minimum atomic E-state index is -0.0110. The molecule has 0 aliphatic heterocycles. The molecule has 1 aromatic heterocycles. The Balaban J connectivity index is 2.32. The second-order valence-corrected chi connectivity index (χ2v) is 4.29. The van der Waals surface area contributed by atoms with Gasteiger partial charge in [0.15, 0.2) is 5.78 Å². The summed E-state index contributed by atoms with van der Waals surface area (Å²) in [5, 5.41) is 11.5. The highest BCUT2D eigenvalue weighted by molar-refractivity contribution is 14.2. The molecule has 0 aliphatic carbocycles. The number of hydrogen-bond acceptors (Lipinski definition) is 5. The summed E-state index contributed by atoms with van der Waals surface area (Å²) in [6.45, 7) is 1.80. The van der Waals surface area contributed by atoms with Crippen LogP contribution < -0.4 is 0 Å². The van der Waals surface area contributed by atoms with Gasteiger partial charge in [-0.2, -0.15) is 0 Å². The lowest BCUT2D eigenvalue weighted by Gasteiger charge is -1.95. The summed E-state index contributed by atoms with van der Waals surface area (Å²) >= 11 is 2.15. The lowest BCUT2D eigenvalue weighted by atomic mass is 10.5. The van der Waals surface area contributed by atoms with E-state index in [1.54, 1.807) is 0 Å². The van der Waals surface area contributed by atoms with E-state index in [0.29, 0.717) is 12.2 Å². The van der Waals surface area contributed by atoms with Gasteiger partial charge in [-0.1, -0.05) is 0 Å². The Bertz CT molecular complexity index is 292. The van der Waals surface area contributed by atoms with E-state index in [-0.39, 0.29) is 19.0 Å². The first-order chi connectivity index (χ1) is 6.22. The van der Waals surface area contributed by atoms with Crippen molar-refractivity contribution in [1.82, 2.24) is 20.0 Å². The van der Waals surface area contributed by atoms with Crippen molar-refractivity contribution in [1.29, 1.82) is 0 Å². The number of hydrogen-bond donors (Lipinski definition) is 0. The molecule has 0 bridgehead atoms. The molecule has 1 aromatic rings. The number of halogens is 1. The second kappa shape index (κ2) is 5.56. The van der Waals surface area contributed by atoms with E-state index in [9.17, 15) is 4.79 Å². The van der Waals surface area contributed by atoms with Crippen LogP contribution in [-0.4, -0.2) is 32.4 Å². The van der Waals surface area contributed by atoms with Gasteiger partial charge in [0.25, 0.3) is 0 Å². The zero-order valence-corrected chi connectivity index (χ0v) is 10.1. The first-order valence-electron chi connectivity index (χ1n) is 3.45. The van der Waals surface area contributed by atoms with Crippen molar-refractivity contribution in [2.24, 2.45) is 0 Å². The van der Waals surface area contributed by atoms with Gasteiger partial charge in [0.2, 0.25) is 5.82 Å². The van der Waals surface area contributed by atoms with Crippen LogP contribution in [0.5, 0.6) is 0 Å². The molecule has 13 heavy (non-hydrogen) atoms. The van der Waals surface area contributed by atoms with Gasteiger partial charge in [-0.3, -0.25) is 4.79 Å². The van der Waals surface area contributed by atoms with E-state index < -0.39 is 0 Å². The molecule has 1 atom stereocenters. The van der Waals surface area contributed by atoms with Gasteiger partial charge >= 0.3 is 0 Å². The number of tetrazole rings is 1. The molecule has 0 aromatic carbocycles. The van der Waals surface area contributed by atoms with Crippen molar-refractivity contribution in [2.45, 2.75) is 13.5 Å². The van der Waals surface area contributed by atoms with Crippen LogP contribution in [0.15, 0.2) is 0 Å². The van der Waals surface area contributed by atoms with Crippen LogP contribution in [0, 0.1) is 0 Å². The monoisotopic (exact) mass is 314 g/mol. The zero-order valence-electron chi connectivity index (χ0n) is 6.90. The SMILES string of the molecule is CC(=O)COCc1nnn(PI)n1. The Hall–Kier alpha value is -0.140. The fraction of sp³-hybridized carbons (Fsp3) is 0.600. The number of Topliss-reactive ketones (excluding diaryl/α,β-unsaturated/α-hetero) is 1. The molecule has 0 saturated carbocycles. The molecule has 0 aliphatic rings. The Kier molecular flexibility index (Phi) is 4.68. The molecular weight excluding hydrogens is 306 g/mol. The lowest BCUT2D eigenvalue weighted by molar-refractivity contribution is -0.121. The average Bonchev–Trinajstić information content (AvgIpc) is 2.52.